The Bertz CT molecular complexity index is 1440. The summed E-state index contributed by atoms with van der Waals surface area (Å²) < 4.78 is 0. The molecule has 0 atom stereocenters. The van der Waals surface area contributed by atoms with E-state index in [-0.39, 0.29) is 23.1 Å². The molecule has 0 unspecified atom stereocenters. The highest BCUT2D eigenvalue weighted by molar-refractivity contribution is 7.81. The van der Waals surface area contributed by atoms with Crippen molar-refractivity contribution in [3.05, 3.63) is 58.6 Å². The first-order valence-corrected chi connectivity index (χ1v) is 15.5. The standard InChI is InChI=1S/C30H28Cl2N4O6S2/c31-19-9-7-11-21(15-19)33-25(39)17-27(41)35(29(33)43)23(37)13-5-3-1-2-4-6-14-24(38)36-28(42)18-26(40)34(30(36)44)22-12-8-10-20(32)16-22/h7-12,15-16H,1-6,13-14,17-18H2. The van der Waals surface area contributed by atoms with Crippen LogP contribution in [0.4, 0.5) is 11.4 Å². The largest absolute Gasteiger partial charge is 0.274 e. The molecule has 2 fully saturated rings. The van der Waals surface area contributed by atoms with Gasteiger partial charge in [-0.05, 0) is 73.7 Å². The fourth-order valence-electron chi connectivity index (χ4n) is 4.92. The summed E-state index contributed by atoms with van der Waals surface area (Å²) in [4.78, 5) is 79.8. The van der Waals surface area contributed by atoms with Crippen LogP contribution in [0.3, 0.4) is 0 Å². The summed E-state index contributed by atoms with van der Waals surface area (Å²) in [6, 6.07) is 12.9. The van der Waals surface area contributed by atoms with Gasteiger partial charge in [-0.3, -0.25) is 38.6 Å². The van der Waals surface area contributed by atoms with Crippen LogP contribution in [-0.4, -0.2) is 55.5 Å². The van der Waals surface area contributed by atoms with E-state index in [1.165, 1.54) is 12.1 Å². The molecule has 2 heterocycles. The fourth-order valence-corrected chi connectivity index (χ4v) is 6.11. The first-order chi connectivity index (χ1) is 21.0. The summed E-state index contributed by atoms with van der Waals surface area (Å²) in [5.74, 6) is -3.30. The Labute approximate surface area is 274 Å². The zero-order chi connectivity index (χ0) is 32.0. The average Bonchev–Trinajstić information content (AvgIpc) is 2.94. The van der Waals surface area contributed by atoms with Gasteiger partial charge in [-0.1, -0.05) is 61.0 Å². The zero-order valence-electron chi connectivity index (χ0n) is 23.5. The minimum absolute atomic E-state index is 0.0817. The van der Waals surface area contributed by atoms with Crippen molar-refractivity contribution in [1.29, 1.82) is 0 Å². The van der Waals surface area contributed by atoms with Gasteiger partial charge in [0, 0.05) is 22.9 Å². The van der Waals surface area contributed by atoms with Crippen LogP contribution in [0, 0.1) is 0 Å². The monoisotopic (exact) mass is 674 g/mol. The number of anilines is 2. The molecule has 2 saturated heterocycles. The van der Waals surface area contributed by atoms with Crippen LogP contribution in [-0.2, 0) is 28.8 Å². The van der Waals surface area contributed by atoms with Gasteiger partial charge in [0.05, 0.1) is 11.4 Å². The second-order valence-corrected chi connectivity index (χ2v) is 11.8. The highest BCUT2D eigenvalue weighted by Gasteiger charge is 2.40. The molecule has 0 bridgehead atoms. The number of nitrogens with zero attached hydrogens (tertiary/aromatic N) is 4. The summed E-state index contributed by atoms with van der Waals surface area (Å²) in [5.41, 5.74) is 0.768. The van der Waals surface area contributed by atoms with Gasteiger partial charge >= 0.3 is 0 Å². The Morgan fingerprint density at radius 2 is 0.955 bits per heavy atom. The topological polar surface area (TPSA) is 115 Å². The van der Waals surface area contributed by atoms with Gasteiger partial charge in [0.15, 0.2) is 10.2 Å². The molecule has 14 heteroatoms. The molecule has 0 aliphatic carbocycles. The Morgan fingerprint density at radius 3 is 1.32 bits per heavy atom. The second-order valence-electron chi connectivity index (χ2n) is 10.2. The number of rotatable bonds is 11. The predicted octanol–water partition coefficient (Wildman–Crippen LogP) is 5.57. The molecule has 0 N–H and O–H groups in total. The van der Waals surface area contributed by atoms with E-state index in [4.69, 9.17) is 47.6 Å². The molecule has 44 heavy (non-hydrogen) atoms. The minimum Gasteiger partial charge on any atom is -0.274 e. The second kappa shape index (κ2) is 14.9. The van der Waals surface area contributed by atoms with E-state index in [0.29, 0.717) is 47.1 Å². The summed E-state index contributed by atoms with van der Waals surface area (Å²) in [6.45, 7) is 0. The van der Waals surface area contributed by atoms with Crippen LogP contribution < -0.4 is 9.80 Å². The lowest BCUT2D eigenvalue weighted by Gasteiger charge is -2.34. The number of hydrogen-bond donors (Lipinski definition) is 0. The number of imide groups is 2. The smallest absolute Gasteiger partial charge is 0.245 e. The molecule has 2 aromatic carbocycles. The lowest BCUT2D eigenvalue weighted by molar-refractivity contribution is -0.144. The number of unbranched alkanes of at least 4 members (excludes halogenated alkanes) is 5. The summed E-state index contributed by atoms with van der Waals surface area (Å²) in [6.07, 6.45) is 3.22. The number of amides is 6. The summed E-state index contributed by atoms with van der Waals surface area (Å²) >= 11 is 22.7. The van der Waals surface area contributed by atoms with Gasteiger partial charge in [-0.15, -0.1) is 0 Å². The van der Waals surface area contributed by atoms with Crippen molar-refractivity contribution >= 4 is 105 Å². The molecule has 0 spiro atoms. The van der Waals surface area contributed by atoms with E-state index < -0.39 is 48.3 Å². The van der Waals surface area contributed by atoms with Crippen LogP contribution in [0.25, 0.3) is 0 Å². The lowest BCUT2D eigenvalue weighted by atomic mass is 10.1. The number of hydrogen-bond acceptors (Lipinski definition) is 8. The maximum absolute atomic E-state index is 12.9. The van der Waals surface area contributed by atoms with E-state index in [2.05, 4.69) is 0 Å². The van der Waals surface area contributed by atoms with Gasteiger partial charge in [0.1, 0.15) is 12.8 Å². The predicted molar refractivity (Wildman–Crippen MR) is 173 cm³/mol. The molecule has 4 rings (SSSR count). The van der Waals surface area contributed by atoms with E-state index in [0.717, 1.165) is 32.4 Å². The molecular weight excluding hydrogens is 647 g/mol. The SMILES string of the molecule is O=C(CCCCCCCCC(=O)N1C(=O)CC(=O)N(c2cccc(Cl)c2)C1=S)N1C(=O)CC(=O)N(c2cccc(Cl)c2)C1=S. The number of thiocarbonyl (C=S) groups is 2. The molecule has 0 radical (unpaired) electrons. The van der Waals surface area contributed by atoms with Crippen LogP contribution >= 0.6 is 47.6 Å². The highest BCUT2D eigenvalue weighted by atomic mass is 35.5. The number of halogens is 2. The third-order valence-corrected chi connectivity index (χ3v) is 8.23. The van der Waals surface area contributed by atoms with Gasteiger partial charge in [0.25, 0.3) is 0 Å². The Hall–Kier alpha value is -3.58. The molecular formula is C30H28Cl2N4O6S2. The Kier molecular flexibility index (Phi) is 11.3. The van der Waals surface area contributed by atoms with Crippen molar-refractivity contribution in [2.75, 3.05) is 9.80 Å². The van der Waals surface area contributed by atoms with Crippen LogP contribution in [0.15, 0.2) is 48.5 Å². The van der Waals surface area contributed by atoms with Crippen molar-refractivity contribution < 1.29 is 28.8 Å². The average molecular weight is 676 g/mol. The third kappa shape index (κ3) is 7.73. The van der Waals surface area contributed by atoms with Crippen molar-refractivity contribution in [1.82, 2.24) is 9.80 Å². The molecule has 6 amide bonds. The summed E-state index contributed by atoms with van der Waals surface area (Å²) in [5, 5.41) is 0.403. The van der Waals surface area contributed by atoms with E-state index in [1.807, 2.05) is 0 Å². The molecule has 10 nitrogen and oxygen atoms in total. The van der Waals surface area contributed by atoms with Gasteiger partial charge in [0.2, 0.25) is 35.4 Å². The first kappa shape index (κ1) is 33.3. The summed E-state index contributed by atoms with van der Waals surface area (Å²) in [7, 11) is 0. The maximum Gasteiger partial charge on any atom is 0.245 e. The lowest BCUT2D eigenvalue weighted by Crippen LogP contribution is -2.57. The molecule has 0 aromatic heterocycles. The van der Waals surface area contributed by atoms with Crippen molar-refractivity contribution in [2.45, 2.75) is 64.2 Å². The third-order valence-electron chi connectivity index (χ3n) is 7.03. The van der Waals surface area contributed by atoms with E-state index in [9.17, 15) is 28.8 Å². The first-order valence-electron chi connectivity index (χ1n) is 14.0. The number of carbonyl (C=O) groups excluding carboxylic acids is 6. The quantitative estimate of drug-likeness (QED) is 0.173. The van der Waals surface area contributed by atoms with Crippen molar-refractivity contribution in [3.63, 3.8) is 0 Å². The molecule has 0 saturated carbocycles. The maximum atomic E-state index is 12.9. The van der Waals surface area contributed by atoms with Crippen LogP contribution in [0.1, 0.15) is 64.2 Å². The van der Waals surface area contributed by atoms with Gasteiger partial charge < -0.3 is 0 Å². The number of carbonyl (C=O) groups is 6. The van der Waals surface area contributed by atoms with Crippen LogP contribution in [0.5, 0.6) is 0 Å². The van der Waals surface area contributed by atoms with E-state index in [1.54, 1.807) is 36.4 Å². The molecule has 2 aliphatic heterocycles. The Morgan fingerprint density at radius 1 is 0.591 bits per heavy atom. The zero-order valence-corrected chi connectivity index (χ0v) is 26.6. The number of benzene rings is 2. The van der Waals surface area contributed by atoms with Crippen LogP contribution in [0.2, 0.25) is 10.0 Å². The molecule has 2 aliphatic rings. The van der Waals surface area contributed by atoms with E-state index >= 15 is 0 Å². The normalized spacial score (nSPS) is 15.9. The van der Waals surface area contributed by atoms with Gasteiger partial charge in [-0.2, -0.15) is 0 Å². The minimum atomic E-state index is -0.653. The van der Waals surface area contributed by atoms with Crippen molar-refractivity contribution in [2.24, 2.45) is 0 Å². The van der Waals surface area contributed by atoms with Gasteiger partial charge in [-0.25, -0.2) is 9.80 Å². The molecule has 2 aromatic rings. The molecule has 230 valence electrons. The fraction of sp³-hybridized carbons (Fsp3) is 0.333. The highest BCUT2D eigenvalue weighted by Crippen LogP contribution is 2.27. The van der Waals surface area contributed by atoms with Crippen molar-refractivity contribution in [3.8, 4) is 0 Å². The Balaban J connectivity index is 1.19.